The molecule has 3 aromatic rings. The fraction of sp³-hybridized carbons (Fsp3) is 0.348. The van der Waals surface area contributed by atoms with E-state index in [1.54, 1.807) is 19.2 Å². The summed E-state index contributed by atoms with van der Waals surface area (Å²) in [7, 11) is 1.57. The van der Waals surface area contributed by atoms with Crippen molar-refractivity contribution in [2.45, 2.75) is 38.6 Å². The van der Waals surface area contributed by atoms with Crippen molar-refractivity contribution in [3.05, 3.63) is 59.8 Å². The maximum absolute atomic E-state index is 12.4. The van der Waals surface area contributed by atoms with Crippen molar-refractivity contribution in [3.63, 3.8) is 0 Å². The zero-order valence-corrected chi connectivity index (χ0v) is 17.3. The predicted octanol–water partition coefficient (Wildman–Crippen LogP) is 3.51. The number of aryl methyl sites for hydroxylation is 2. The molecule has 0 radical (unpaired) electrons. The molecule has 30 heavy (non-hydrogen) atoms. The van der Waals surface area contributed by atoms with Crippen LogP contribution in [-0.2, 0) is 16.1 Å². The SMILES string of the molecule is COc1ccc(C(CC(=O)O)CC(=O)NCCCn2ncc3c(C)cccc32)cc1. The van der Waals surface area contributed by atoms with E-state index in [1.165, 1.54) is 5.56 Å². The smallest absolute Gasteiger partial charge is 0.303 e. The lowest BCUT2D eigenvalue weighted by atomic mass is 9.92. The number of aromatic nitrogens is 2. The van der Waals surface area contributed by atoms with E-state index in [1.807, 2.05) is 35.1 Å². The first-order valence-corrected chi connectivity index (χ1v) is 10.0. The van der Waals surface area contributed by atoms with Gasteiger partial charge in [0, 0.05) is 30.8 Å². The van der Waals surface area contributed by atoms with Crippen LogP contribution in [0.5, 0.6) is 5.75 Å². The molecule has 1 unspecified atom stereocenters. The number of carbonyl (C=O) groups is 2. The second kappa shape index (κ2) is 9.91. The number of hydrogen-bond acceptors (Lipinski definition) is 4. The second-order valence-corrected chi connectivity index (χ2v) is 7.35. The molecular formula is C23H27N3O4. The van der Waals surface area contributed by atoms with Gasteiger partial charge >= 0.3 is 5.97 Å². The Morgan fingerprint density at radius 2 is 1.93 bits per heavy atom. The number of carboxylic acid groups (broad SMARTS) is 1. The number of carbonyl (C=O) groups excluding carboxylic acids is 1. The van der Waals surface area contributed by atoms with Crippen LogP contribution in [0.4, 0.5) is 0 Å². The van der Waals surface area contributed by atoms with Crippen molar-refractivity contribution in [1.29, 1.82) is 0 Å². The molecule has 1 amide bonds. The molecule has 1 aromatic heterocycles. The van der Waals surface area contributed by atoms with E-state index in [9.17, 15) is 14.7 Å². The van der Waals surface area contributed by atoms with Gasteiger partial charge in [-0.05, 0) is 42.7 Å². The number of nitrogens with one attached hydrogen (secondary N) is 1. The number of carboxylic acids is 1. The van der Waals surface area contributed by atoms with Gasteiger partial charge in [-0.15, -0.1) is 0 Å². The van der Waals surface area contributed by atoms with Gasteiger partial charge in [-0.1, -0.05) is 24.3 Å². The Hall–Kier alpha value is -3.35. The van der Waals surface area contributed by atoms with Crippen LogP contribution in [0.3, 0.4) is 0 Å². The minimum atomic E-state index is -0.926. The molecule has 1 atom stereocenters. The predicted molar refractivity (Wildman–Crippen MR) is 115 cm³/mol. The van der Waals surface area contributed by atoms with E-state index in [4.69, 9.17) is 4.74 Å². The summed E-state index contributed by atoms with van der Waals surface area (Å²) in [5.41, 5.74) is 3.09. The van der Waals surface area contributed by atoms with Gasteiger partial charge in [-0.3, -0.25) is 14.3 Å². The molecule has 7 nitrogen and oxygen atoms in total. The Labute approximate surface area is 175 Å². The zero-order chi connectivity index (χ0) is 21.5. The summed E-state index contributed by atoms with van der Waals surface area (Å²) >= 11 is 0. The Balaban J connectivity index is 1.52. The highest BCUT2D eigenvalue weighted by atomic mass is 16.5. The van der Waals surface area contributed by atoms with Crippen molar-refractivity contribution in [1.82, 2.24) is 15.1 Å². The number of aliphatic carboxylic acids is 1. The monoisotopic (exact) mass is 409 g/mol. The molecule has 3 rings (SSSR count). The molecule has 0 aliphatic rings. The van der Waals surface area contributed by atoms with Gasteiger partial charge in [-0.2, -0.15) is 5.10 Å². The maximum atomic E-state index is 12.4. The first-order chi connectivity index (χ1) is 14.5. The van der Waals surface area contributed by atoms with Crippen LogP contribution in [0.1, 0.15) is 36.3 Å². The topological polar surface area (TPSA) is 93.5 Å². The van der Waals surface area contributed by atoms with E-state index in [0.717, 1.165) is 22.9 Å². The van der Waals surface area contributed by atoms with Crippen molar-refractivity contribution in [2.24, 2.45) is 0 Å². The van der Waals surface area contributed by atoms with Crippen LogP contribution in [0.2, 0.25) is 0 Å². The van der Waals surface area contributed by atoms with Gasteiger partial charge in [-0.25, -0.2) is 0 Å². The first-order valence-electron chi connectivity index (χ1n) is 10.0. The van der Waals surface area contributed by atoms with Gasteiger partial charge in [0.05, 0.1) is 25.2 Å². The molecule has 158 valence electrons. The molecule has 0 aliphatic heterocycles. The maximum Gasteiger partial charge on any atom is 0.303 e. The van der Waals surface area contributed by atoms with Crippen molar-refractivity contribution < 1.29 is 19.4 Å². The molecular weight excluding hydrogens is 382 g/mol. The Bertz CT molecular complexity index is 1010. The molecule has 0 saturated carbocycles. The minimum Gasteiger partial charge on any atom is -0.497 e. The number of amides is 1. The number of methoxy groups -OCH3 is 1. The number of rotatable bonds is 10. The van der Waals surface area contributed by atoms with Crippen LogP contribution in [0.25, 0.3) is 10.9 Å². The van der Waals surface area contributed by atoms with E-state index in [0.29, 0.717) is 18.8 Å². The Morgan fingerprint density at radius 1 is 1.17 bits per heavy atom. The highest BCUT2D eigenvalue weighted by Gasteiger charge is 2.19. The zero-order valence-electron chi connectivity index (χ0n) is 17.3. The number of benzene rings is 2. The standard InChI is InChI=1S/C23H27N3O4/c1-16-5-3-6-21-20(16)15-25-26(21)12-4-11-24-22(27)13-18(14-23(28)29)17-7-9-19(30-2)10-8-17/h3,5-10,15,18H,4,11-14H2,1-2H3,(H,24,27)(H,28,29). The molecule has 7 heteroatoms. The fourth-order valence-electron chi connectivity index (χ4n) is 3.57. The number of ether oxygens (including phenoxy) is 1. The van der Waals surface area contributed by atoms with Gasteiger partial charge in [0.1, 0.15) is 5.75 Å². The largest absolute Gasteiger partial charge is 0.497 e. The fourth-order valence-corrected chi connectivity index (χ4v) is 3.57. The summed E-state index contributed by atoms with van der Waals surface area (Å²) in [5.74, 6) is -0.771. The van der Waals surface area contributed by atoms with Crippen LogP contribution >= 0.6 is 0 Å². The van der Waals surface area contributed by atoms with Crippen LogP contribution in [0, 0.1) is 6.92 Å². The number of fused-ring (bicyclic) bond motifs is 1. The summed E-state index contributed by atoms with van der Waals surface area (Å²) < 4.78 is 7.08. The van der Waals surface area contributed by atoms with Gasteiger partial charge < -0.3 is 15.2 Å². The third-order valence-electron chi connectivity index (χ3n) is 5.21. The lowest BCUT2D eigenvalue weighted by Crippen LogP contribution is -2.27. The highest BCUT2D eigenvalue weighted by Crippen LogP contribution is 2.25. The molecule has 0 spiro atoms. The van der Waals surface area contributed by atoms with Gasteiger partial charge in [0.2, 0.25) is 5.91 Å². The third kappa shape index (κ3) is 5.37. The van der Waals surface area contributed by atoms with Crippen LogP contribution in [0.15, 0.2) is 48.7 Å². The molecule has 0 fully saturated rings. The van der Waals surface area contributed by atoms with Gasteiger partial charge in [0.15, 0.2) is 0 Å². The van der Waals surface area contributed by atoms with E-state index in [2.05, 4.69) is 23.4 Å². The molecule has 2 N–H and O–H groups in total. The van der Waals surface area contributed by atoms with E-state index in [-0.39, 0.29) is 24.7 Å². The lowest BCUT2D eigenvalue weighted by Gasteiger charge is -2.16. The van der Waals surface area contributed by atoms with Crippen molar-refractivity contribution in [3.8, 4) is 5.75 Å². The minimum absolute atomic E-state index is 0.0988. The van der Waals surface area contributed by atoms with E-state index < -0.39 is 5.97 Å². The van der Waals surface area contributed by atoms with Crippen molar-refractivity contribution >= 4 is 22.8 Å². The summed E-state index contributed by atoms with van der Waals surface area (Å²) in [6, 6.07) is 13.3. The van der Waals surface area contributed by atoms with Crippen LogP contribution < -0.4 is 10.1 Å². The Kier molecular flexibility index (Phi) is 7.06. The van der Waals surface area contributed by atoms with Crippen LogP contribution in [-0.4, -0.2) is 40.4 Å². The highest BCUT2D eigenvalue weighted by molar-refractivity contribution is 5.82. The molecule has 2 aromatic carbocycles. The summed E-state index contributed by atoms with van der Waals surface area (Å²) in [4.78, 5) is 23.6. The number of hydrogen-bond donors (Lipinski definition) is 2. The second-order valence-electron chi connectivity index (χ2n) is 7.35. The molecule has 1 heterocycles. The number of nitrogens with zero attached hydrogens (tertiary/aromatic N) is 2. The average molecular weight is 409 g/mol. The summed E-state index contributed by atoms with van der Waals surface area (Å²) in [5, 5.41) is 17.7. The van der Waals surface area contributed by atoms with Crippen molar-refractivity contribution in [2.75, 3.05) is 13.7 Å². The summed E-state index contributed by atoms with van der Waals surface area (Å²) in [6.45, 7) is 3.27. The normalized spacial score (nSPS) is 11.9. The summed E-state index contributed by atoms with van der Waals surface area (Å²) in [6.07, 6.45) is 2.64. The van der Waals surface area contributed by atoms with E-state index >= 15 is 0 Å². The van der Waals surface area contributed by atoms with Gasteiger partial charge in [0.25, 0.3) is 0 Å². The average Bonchev–Trinajstić information content (AvgIpc) is 3.15. The Morgan fingerprint density at radius 3 is 2.63 bits per heavy atom. The molecule has 0 saturated heterocycles. The molecule has 0 aliphatic carbocycles. The molecule has 0 bridgehead atoms. The lowest BCUT2D eigenvalue weighted by molar-refractivity contribution is -0.137. The first kappa shape index (κ1) is 21.4. The third-order valence-corrected chi connectivity index (χ3v) is 5.21. The quantitative estimate of drug-likeness (QED) is 0.500.